The lowest BCUT2D eigenvalue weighted by atomic mass is 10.1. The van der Waals surface area contributed by atoms with Crippen molar-refractivity contribution in [3.8, 4) is 17.2 Å². The molecule has 2 rings (SSSR count). The van der Waals surface area contributed by atoms with Gasteiger partial charge in [-0.2, -0.15) is 0 Å². The second-order valence-corrected chi connectivity index (χ2v) is 6.87. The maximum absolute atomic E-state index is 13.0. The Balaban J connectivity index is 2.31. The lowest BCUT2D eigenvalue weighted by Crippen LogP contribution is -2.48. The summed E-state index contributed by atoms with van der Waals surface area (Å²) in [4.78, 5) is 26.9. The van der Waals surface area contributed by atoms with Gasteiger partial charge in [0.1, 0.15) is 6.04 Å². The fourth-order valence-corrected chi connectivity index (χ4v) is 3.76. The van der Waals surface area contributed by atoms with Gasteiger partial charge in [0.25, 0.3) is 5.91 Å². The summed E-state index contributed by atoms with van der Waals surface area (Å²) in [6.45, 7) is 3.79. The molecule has 1 saturated heterocycles. The molecule has 2 amide bonds. The van der Waals surface area contributed by atoms with E-state index >= 15 is 0 Å². The van der Waals surface area contributed by atoms with Gasteiger partial charge in [0.05, 0.1) is 27.2 Å². The van der Waals surface area contributed by atoms with E-state index in [0.29, 0.717) is 34.4 Å². The zero-order valence-electron chi connectivity index (χ0n) is 15.1. The van der Waals surface area contributed by atoms with Crippen LogP contribution in [0.2, 0.25) is 0 Å². The third-order valence-corrected chi connectivity index (χ3v) is 4.80. The number of nitrogens with one attached hydrogen (secondary N) is 1. The Bertz CT molecular complexity index is 625. The average molecular weight is 368 g/mol. The number of carbonyl (C=O) groups is 2. The molecular weight excluding hydrogens is 344 g/mol. The highest BCUT2D eigenvalue weighted by Crippen LogP contribution is 2.39. The number of hydrogen-bond donors (Lipinski definition) is 1. The second-order valence-electron chi connectivity index (χ2n) is 5.87. The Morgan fingerprint density at radius 1 is 1.16 bits per heavy atom. The number of hydrogen-bond acceptors (Lipinski definition) is 6. The van der Waals surface area contributed by atoms with Crippen LogP contribution in [0.15, 0.2) is 12.1 Å². The molecule has 25 heavy (non-hydrogen) atoms. The van der Waals surface area contributed by atoms with E-state index < -0.39 is 6.04 Å². The Morgan fingerprint density at radius 2 is 1.76 bits per heavy atom. The molecule has 1 heterocycles. The molecule has 1 N–H and O–H groups in total. The predicted octanol–water partition coefficient (Wildman–Crippen LogP) is 1.75. The van der Waals surface area contributed by atoms with E-state index in [2.05, 4.69) is 5.32 Å². The van der Waals surface area contributed by atoms with Crippen LogP contribution in [0.3, 0.4) is 0 Å². The number of amides is 2. The largest absolute Gasteiger partial charge is 0.493 e. The Kier molecular flexibility index (Phi) is 6.41. The fourth-order valence-electron chi connectivity index (χ4n) is 2.61. The minimum absolute atomic E-state index is 0.0243. The van der Waals surface area contributed by atoms with Gasteiger partial charge in [0.15, 0.2) is 11.5 Å². The maximum atomic E-state index is 13.0. The number of rotatable bonds is 6. The lowest BCUT2D eigenvalue weighted by molar-refractivity contribution is -0.124. The predicted molar refractivity (Wildman–Crippen MR) is 96.7 cm³/mol. The highest BCUT2D eigenvalue weighted by atomic mass is 32.2. The maximum Gasteiger partial charge on any atom is 0.255 e. The highest BCUT2D eigenvalue weighted by Gasteiger charge is 2.36. The second kappa shape index (κ2) is 8.33. The summed E-state index contributed by atoms with van der Waals surface area (Å²) < 4.78 is 15.9. The average Bonchev–Trinajstić information content (AvgIpc) is 3.08. The van der Waals surface area contributed by atoms with Crippen molar-refractivity contribution in [2.24, 2.45) is 0 Å². The van der Waals surface area contributed by atoms with Crippen molar-refractivity contribution in [1.29, 1.82) is 0 Å². The highest BCUT2D eigenvalue weighted by molar-refractivity contribution is 7.99. The molecule has 138 valence electrons. The molecule has 1 aromatic carbocycles. The Hall–Kier alpha value is -2.09. The first kappa shape index (κ1) is 19.2. The van der Waals surface area contributed by atoms with E-state index in [9.17, 15) is 9.59 Å². The molecule has 0 saturated carbocycles. The third-order valence-electron chi connectivity index (χ3n) is 3.79. The quantitative estimate of drug-likeness (QED) is 0.824. The van der Waals surface area contributed by atoms with Gasteiger partial charge in [-0.1, -0.05) is 0 Å². The molecule has 0 aliphatic carbocycles. The van der Waals surface area contributed by atoms with Crippen molar-refractivity contribution in [2.75, 3.05) is 33.0 Å². The summed E-state index contributed by atoms with van der Waals surface area (Å²) >= 11 is 1.55. The molecule has 1 aliphatic heterocycles. The van der Waals surface area contributed by atoms with Crippen LogP contribution in [0.1, 0.15) is 24.2 Å². The number of ether oxygens (including phenoxy) is 3. The number of benzene rings is 1. The first-order chi connectivity index (χ1) is 11.9. The molecule has 1 unspecified atom stereocenters. The lowest BCUT2D eigenvalue weighted by Gasteiger charge is -2.24. The number of methoxy groups -OCH3 is 3. The van der Waals surface area contributed by atoms with E-state index in [1.807, 2.05) is 13.8 Å². The summed E-state index contributed by atoms with van der Waals surface area (Å²) in [7, 11) is 4.50. The fraction of sp³-hybridized carbons (Fsp3) is 0.529. The van der Waals surface area contributed by atoms with Crippen molar-refractivity contribution in [3.05, 3.63) is 17.7 Å². The SMILES string of the molecule is COc1cc(C(=O)N2CSCC2C(=O)NC(C)C)cc(OC)c1OC. The van der Waals surface area contributed by atoms with Crippen molar-refractivity contribution in [1.82, 2.24) is 10.2 Å². The van der Waals surface area contributed by atoms with Crippen LogP contribution in [-0.4, -0.2) is 61.8 Å². The monoisotopic (exact) mass is 368 g/mol. The van der Waals surface area contributed by atoms with Crippen LogP contribution in [0.25, 0.3) is 0 Å². The van der Waals surface area contributed by atoms with Crippen LogP contribution >= 0.6 is 11.8 Å². The Morgan fingerprint density at radius 3 is 2.24 bits per heavy atom. The minimum atomic E-state index is -0.487. The molecule has 0 aromatic heterocycles. The van der Waals surface area contributed by atoms with Crippen LogP contribution in [0.5, 0.6) is 17.2 Å². The molecule has 0 bridgehead atoms. The number of thioether (sulfide) groups is 1. The number of carbonyl (C=O) groups excluding carboxylic acids is 2. The van der Waals surface area contributed by atoms with Crippen molar-refractivity contribution >= 4 is 23.6 Å². The molecule has 1 fully saturated rings. The molecule has 1 aromatic rings. The summed E-state index contributed by atoms with van der Waals surface area (Å²) in [5, 5.41) is 2.87. The van der Waals surface area contributed by atoms with Crippen LogP contribution in [-0.2, 0) is 4.79 Å². The smallest absolute Gasteiger partial charge is 0.255 e. The molecular formula is C17H24N2O5S. The van der Waals surface area contributed by atoms with Gasteiger partial charge in [0, 0.05) is 17.4 Å². The summed E-state index contributed by atoms with van der Waals surface area (Å²) in [5.74, 6) is 1.89. The van der Waals surface area contributed by atoms with Gasteiger partial charge >= 0.3 is 0 Å². The van der Waals surface area contributed by atoms with Gasteiger partial charge < -0.3 is 24.4 Å². The molecule has 1 aliphatic rings. The number of nitrogens with zero attached hydrogens (tertiary/aromatic N) is 1. The van der Waals surface area contributed by atoms with E-state index in [1.165, 1.54) is 21.3 Å². The van der Waals surface area contributed by atoms with Crippen LogP contribution in [0.4, 0.5) is 0 Å². The standard InChI is InChI=1S/C17H24N2O5S/c1-10(2)18-16(20)12-8-25-9-19(12)17(21)11-6-13(22-3)15(24-5)14(7-11)23-4/h6-7,10,12H,8-9H2,1-5H3,(H,18,20). The van der Waals surface area contributed by atoms with Crippen LogP contribution < -0.4 is 19.5 Å². The van der Waals surface area contributed by atoms with Gasteiger partial charge in [-0.25, -0.2) is 0 Å². The van der Waals surface area contributed by atoms with Crippen molar-refractivity contribution in [3.63, 3.8) is 0 Å². The molecule has 0 radical (unpaired) electrons. The minimum Gasteiger partial charge on any atom is -0.493 e. The van der Waals surface area contributed by atoms with E-state index in [-0.39, 0.29) is 17.9 Å². The zero-order chi connectivity index (χ0) is 18.6. The first-order valence-electron chi connectivity index (χ1n) is 7.92. The zero-order valence-corrected chi connectivity index (χ0v) is 15.9. The topological polar surface area (TPSA) is 77.1 Å². The van der Waals surface area contributed by atoms with Crippen LogP contribution in [0, 0.1) is 0 Å². The molecule has 0 spiro atoms. The van der Waals surface area contributed by atoms with Gasteiger partial charge in [-0.3, -0.25) is 9.59 Å². The van der Waals surface area contributed by atoms with Gasteiger partial charge in [0.2, 0.25) is 11.7 Å². The molecule has 8 heteroatoms. The summed E-state index contributed by atoms with van der Waals surface area (Å²) in [6.07, 6.45) is 0. The van der Waals surface area contributed by atoms with E-state index in [1.54, 1.807) is 28.8 Å². The molecule has 1 atom stereocenters. The summed E-state index contributed by atoms with van der Waals surface area (Å²) in [5.41, 5.74) is 0.388. The van der Waals surface area contributed by atoms with E-state index in [4.69, 9.17) is 14.2 Å². The van der Waals surface area contributed by atoms with Crippen molar-refractivity contribution < 1.29 is 23.8 Å². The van der Waals surface area contributed by atoms with Gasteiger partial charge in [-0.15, -0.1) is 11.8 Å². The Labute approximate surface area is 152 Å². The summed E-state index contributed by atoms with van der Waals surface area (Å²) in [6, 6.07) is 2.74. The molecule has 7 nitrogen and oxygen atoms in total. The van der Waals surface area contributed by atoms with E-state index in [0.717, 1.165) is 0 Å². The third kappa shape index (κ3) is 4.12. The van der Waals surface area contributed by atoms with Crippen molar-refractivity contribution in [2.45, 2.75) is 25.9 Å². The van der Waals surface area contributed by atoms with Gasteiger partial charge in [-0.05, 0) is 26.0 Å². The first-order valence-corrected chi connectivity index (χ1v) is 9.07. The normalized spacial score (nSPS) is 16.7.